The van der Waals surface area contributed by atoms with E-state index in [4.69, 9.17) is 5.11 Å². The van der Waals surface area contributed by atoms with Gasteiger partial charge in [-0.2, -0.15) is 0 Å². The summed E-state index contributed by atoms with van der Waals surface area (Å²) in [5.41, 5.74) is 0. The number of carboxylic acid groups (broad SMARTS) is 1. The second-order valence-corrected chi connectivity index (χ2v) is 2.78. The highest BCUT2D eigenvalue weighted by molar-refractivity contribution is 9.10. The third-order valence-electron chi connectivity index (χ3n) is 0.631. The molecule has 1 unspecified atom stereocenters. The molecule has 0 amide bonds. The molecule has 0 bridgehead atoms. The van der Waals surface area contributed by atoms with E-state index < -0.39 is 10.8 Å². The lowest BCUT2D eigenvalue weighted by molar-refractivity contribution is -0.138. The highest BCUT2D eigenvalue weighted by atomic mass is 79.9. The molecule has 0 rings (SSSR count). The van der Waals surface area contributed by atoms with Crippen molar-refractivity contribution in [3.8, 4) is 0 Å². The summed E-state index contributed by atoms with van der Waals surface area (Å²) in [6.45, 7) is 0. The first-order valence-electron chi connectivity index (χ1n) is 2.05. The molecule has 0 aromatic rings. The summed E-state index contributed by atoms with van der Waals surface area (Å²) in [7, 11) is 0. The number of Topliss-reactive ketones (excluding diaryl/α,β-unsaturated/α-hetero) is 1. The van der Waals surface area contributed by atoms with E-state index in [1.807, 2.05) is 0 Å². The minimum atomic E-state index is -1.15. The van der Waals surface area contributed by atoms with E-state index in [2.05, 4.69) is 31.9 Å². The summed E-state index contributed by atoms with van der Waals surface area (Å²) in [4.78, 5) is 19.4. The van der Waals surface area contributed by atoms with Gasteiger partial charge in [0.1, 0.15) is 0 Å². The molecule has 0 aliphatic rings. The van der Waals surface area contributed by atoms with Crippen molar-refractivity contribution in [1.29, 1.82) is 0 Å². The van der Waals surface area contributed by atoms with Crippen LogP contribution >= 0.6 is 31.9 Å². The van der Waals surface area contributed by atoms with Gasteiger partial charge in [0, 0.05) is 0 Å². The molecule has 0 saturated carbocycles. The van der Waals surface area contributed by atoms with E-state index in [-0.39, 0.29) is 11.1 Å². The first-order valence-corrected chi connectivity index (χ1v) is 4.09. The Morgan fingerprint density at radius 2 is 2.00 bits per heavy atom. The van der Waals surface area contributed by atoms with Crippen molar-refractivity contribution in [2.45, 2.75) is 4.83 Å². The predicted octanol–water partition coefficient (Wildman–Crippen LogP) is 0.798. The van der Waals surface area contributed by atoms with E-state index in [1.54, 1.807) is 0 Å². The average molecular weight is 260 g/mol. The van der Waals surface area contributed by atoms with Gasteiger partial charge in [0.05, 0.1) is 5.33 Å². The lowest BCUT2D eigenvalue weighted by Gasteiger charge is -1.97. The fourth-order valence-electron chi connectivity index (χ4n) is 0.205. The molecule has 9 heavy (non-hydrogen) atoms. The molecule has 0 aliphatic carbocycles. The Labute approximate surface area is 68.7 Å². The van der Waals surface area contributed by atoms with Crippen LogP contribution in [0.25, 0.3) is 0 Å². The maximum absolute atomic E-state index is 10.5. The van der Waals surface area contributed by atoms with Crippen molar-refractivity contribution < 1.29 is 14.7 Å². The molecule has 0 aromatic carbocycles. The monoisotopic (exact) mass is 258 g/mol. The third-order valence-corrected chi connectivity index (χ3v) is 2.09. The van der Waals surface area contributed by atoms with Crippen LogP contribution in [0.2, 0.25) is 0 Å². The van der Waals surface area contributed by atoms with Crippen LogP contribution < -0.4 is 0 Å². The zero-order chi connectivity index (χ0) is 7.44. The number of hydrogen-bond acceptors (Lipinski definition) is 2. The summed E-state index contributed by atoms with van der Waals surface area (Å²) >= 11 is 5.53. The number of carbonyl (C=O) groups excluding carboxylic acids is 1. The minimum Gasteiger partial charge on any atom is -0.480 e. The Balaban J connectivity index is 3.88. The van der Waals surface area contributed by atoms with Gasteiger partial charge in [0.2, 0.25) is 0 Å². The molecule has 0 radical (unpaired) electrons. The quantitative estimate of drug-likeness (QED) is 0.603. The maximum Gasteiger partial charge on any atom is 0.324 e. The van der Waals surface area contributed by atoms with E-state index in [0.29, 0.717) is 0 Å². The summed E-state index contributed by atoms with van der Waals surface area (Å²) in [5.74, 6) is -1.54. The standard InChI is InChI=1S/C4H4Br2O3/c5-1-2(7)3(6)4(8)9/h3H,1H2,(H,8,9). The van der Waals surface area contributed by atoms with Gasteiger partial charge in [0.25, 0.3) is 0 Å². The predicted molar refractivity (Wildman–Crippen MR) is 39.2 cm³/mol. The molecule has 0 aliphatic heterocycles. The van der Waals surface area contributed by atoms with Gasteiger partial charge >= 0.3 is 5.97 Å². The first kappa shape index (κ1) is 9.10. The zero-order valence-electron chi connectivity index (χ0n) is 4.30. The molecule has 0 saturated heterocycles. The zero-order valence-corrected chi connectivity index (χ0v) is 7.48. The van der Waals surface area contributed by atoms with Gasteiger partial charge in [0.15, 0.2) is 10.6 Å². The molecule has 1 N–H and O–H groups in total. The average Bonchev–Trinajstić information content (AvgIpc) is 1.84. The normalized spacial score (nSPS) is 12.7. The SMILES string of the molecule is O=C(O)C(Br)C(=O)CBr. The first-order chi connectivity index (χ1) is 4.09. The van der Waals surface area contributed by atoms with Crippen molar-refractivity contribution in [3.63, 3.8) is 0 Å². The highest BCUT2D eigenvalue weighted by Crippen LogP contribution is 2.02. The van der Waals surface area contributed by atoms with Gasteiger partial charge in [-0.05, 0) is 0 Å². The summed E-state index contributed by atoms with van der Waals surface area (Å²) in [5, 5.41) is 8.26. The summed E-state index contributed by atoms with van der Waals surface area (Å²) in [6, 6.07) is 0. The van der Waals surface area contributed by atoms with Crippen LogP contribution in [-0.4, -0.2) is 27.0 Å². The smallest absolute Gasteiger partial charge is 0.324 e. The molecule has 0 fully saturated rings. The summed E-state index contributed by atoms with van der Waals surface area (Å²) in [6.07, 6.45) is 0. The number of carbonyl (C=O) groups is 2. The largest absolute Gasteiger partial charge is 0.480 e. The Kier molecular flexibility index (Phi) is 4.05. The Morgan fingerprint density at radius 3 is 2.11 bits per heavy atom. The van der Waals surface area contributed by atoms with E-state index in [1.165, 1.54) is 0 Å². The van der Waals surface area contributed by atoms with E-state index >= 15 is 0 Å². The fraction of sp³-hybridized carbons (Fsp3) is 0.500. The van der Waals surface area contributed by atoms with Crippen molar-refractivity contribution >= 4 is 43.6 Å². The number of hydrogen-bond donors (Lipinski definition) is 1. The number of rotatable bonds is 3. The molecule has 5 heteroatoms. The van der Waals surface area contributed by atoms with Crippen molar-refractivity contribution in [1.82, 2.24) is 0 Å². The highest BCUT2D eigenvalue weighted by Gasteiger charge is 2.20. The van der Waals surface area contributed by atoms with Crippen molar-refractivity contribution in [2.75, 3.05) is 5.33 Å². The van der Waals surface area contributed by atoms with Crippen molar-refractivity contribution in [2.24, 2.45) is 0 Å². The molecular weight excluding hydrogens is 256 g/mol. The molecular formula is C4H4Br2O3. The topological polar surface area (TPSA) is 54.4 Å². The fourth-order valence-corrected chi connectivity index (χ4v) is 1.13. The van der Waals surface area contributed by atoms with Crippen LogP contribution in [0.4, 0.5) is 0 Å². The number of alkyl halides is 2. The second kappa shape index (κ2) is 4.00. The van der Waals surface area contributed by atoms with Gasteiger partial charge in [-0.15, -0.1) is 0 Å². The van der Waals surface area contributed by atoms with Crippen LogP contribution in [0.3, 0.4) is 0 Å². The molecule has 0 aromatic heterocycles. The van der Waals surface area contributed by atoms with Crippen LogP contribution in [0.5, 0.6) is 0 Å². The number of ketones is 1. The van der Waals surface area contributed by atoms with Crippen LogP contribution in [0, 0.1) is 0 Å². The van der Waals surface area contributed by atoms with Gasteiger partial charge < -0.3 is 5.11 Å². The van der Waals surface area contributed by atoms with Crippen molar-refractivity contribution in [3.05, 3.63) is 0 Å². The molecule has 3 nitrogen and oxygen atoms in total. The Morgan fingerprint density at radius 1 is 1.56 bits per heavy atom. The van der Waals surface area contributed by atoms with Gasteiger partial charge in [-0.3, -0.25) is 9.59 Å². The Hall–Kier alpha value is 0.1000. The van der Waals surface area contributed by atoms with Crippen LogP contribution in [-0.2, 0) is 9.59 Å². The van der Waals surface area contributed by atoms with Crippen LogP contribution in [0.1, 0.15) is 0 Å². The molecule has 0 spiro atoms. The Bertz CT molecular complexity index is 134. The second-order valence-electron chi connectivity index (χ2n) is 1.30. The molecule has 52 valence electrons. The van der Waals surface area contributed by atoms with Gasteiger partial charge in [-0.1, -0.05) is 31.9 Å². The lowest BCUT2D eigenvalue weighted by atomic mass is 10.3. The number of aliphatic carboxylic acids is 1. The minimum absolute atomic E-state index is 0.0647. The summed E-state index contributed by atoms with van der Waals surface area (Å²) < 4.78 is 0. The number of carboxylic acids is 1. The van der Waals surface area contributed by atoms with E-state index in [0.717, 1.165) is 0 Å². The maximum atomic E-state index is 10.5. The number of halogens is 2. The third kappa shape index (κ3) is 2.95. The molecule has 0 heterocycles. The van der Waals surface area contributed by atoms with Crippen LogP contribution in [0.15, 0.2) is 0 Å². The van der Waals surface area contributed by atoms with E-state index in [9.17, 15) is 9.59 Å². The van der Waals surface area contributed by atoms with Gasteiger partial charge in [-0.25, -0.2) is 0 Å². The lowest BCUT2D eigenvalue weighted by Crippen LogP contribution is -2.24. The molecule has 1 atom stereocenters.